The number of nitro benzene ring substituents is 1. The molecule has 0 radical (unpaired) electrons. The Labute approximate surface area is 155 Å². The van der Waals surface area contributed by atoms with Crippen molar-refractivity contribution in [3.05, 3.63) is 62.4 Å². The molecule has 0 unspecified atom stereocenters. The van der Waals surface area contributed by atoms with E-state index in [1.807, 2.05) is 35.8 Å². The Kier molecular flexibility index (Phi) is 4.09. The van der Waals surface area contributed by atoms with Crippen LogP contribution in [0.15, 0.2) is 47.5 Å². The Morgan fingerprint density at radius 3 is 2.77 bits per heavy atom. The summed E-state index contributed by atoms with van der Waals surface area (Å²) in [6.07, 6.45) is 0. The lowest BCUT2D eigenvalue weighted by molar-refractivity contribution is -0.384. The first-order valence-corrected chi connectivity index (χ1v) is 9.42. The van der Waals surface area contributed by atoms with Crippen LogP contribution in [0.1, 0.15) is 16.7 Å². The largest absolute Gasteiger partial charge is 0.317 e. The van der Waals surface area contributed by atoms with Gasteiger partial charge in [0.15, 0.2) is 9.81 Å². The van der Waals surface area contributed by atoms with E-state index in [2.05, 4.69) is 9.98 Å². The SMILES string of the molecule is CCn1c(=NC(=O)c2nc3ccccc3s2)sc2cc([N+](=O)[O-])ccc21. The van der Waals surface area contributed by atoms with Crippen molar-refractivity contribution in [2.45, 2.75) is 13.5 Å². The van der Waals surface area contributed by atoms with Gasteiger partial charge in [0.1, 0.15) is 0 Å². The number of nitrogens with zero attached hydrogens (tertiary/aromatic N) is 4. The van der Waals surface area contributed by atoms with Crippen LogP contribution in [-0.4, -0.2) is 20.4 Å². The second-order valence-corrected chi connectivity index (χ2v) is 7.48. The van der Waals surface area contributed by atoms with Gasteiger partial charge in [-0.2, -0.15) is 4.99 Å². The van der Waals surface area contributed by atoms with Crippen molar-refractivity contribution in [2.75, 3.05) is 0 Å². The smallest absolute Gasteiger partial charge is 0.308 e. The lowest BCUT2D eigenvalue weighted by Crippen LogP contribution is -2.15. The van der Waals surface area contributed by atoms with E-state index in [9.17, 15) is 14.9 Å². The number of carbonyl (C=O) groups excluding carboxylic acids is 1. The highest BCUT2D eigenvalue weighted by Gasteiger charge is 2.14. The minimum absolute atomic E-state index is 0.0195. The molecule has 7 nitrogen and oxygen atoms in total. The summed E-state index contributed by atoms with van der Waals surface area (Å²) in [5.74, 6) is -0.408. The topological polar surface area (TPSA) is 90.4 Å². The Morgan fingerprint density at radius 1 is 1.23 bits per heavy atom. The molecule has 4 rings (SSSR count). The fourth-order valence-corrected chi connectivity index (χ4v) is 4.64. The molecule has 130 valence electrons. The number of hydrogen-bond donors (Lipinski definition) is 0. The van der Waals surface area contributed by atoms with Crippen molar-refractivity contribution in [2.24, 2.45) is 4.99 Å². The van der Waals surface area contributed by atoms with Gasteiger partial charge in [-0.1, -0.05) is 23.5 Å². The third-order valence-corrected chi connectivity index (χ3v) is 5.93. The van der Waals surface area contributed by atoms with E-state index in [-0.39, 0.29) is 5.69 Å². The molecule has 0 spiro atoms. The third-order valence-electron chi connectivity index (χ3n) is 3.87. The number of fused-ring (bicyclic) bond motifs is 2. The maximum atomic E-state index is 12.6. The zero-order valence-electron chi connectivity index (χ0n) is 13.6. The number of nitro groups is 1. The Morgan fingerprint density at radius 2 is 2.04 bits per heavy atom. The van der Waals surface area contributed by atoms with E-state index < -0.39 is 10.8 Å². The molecule has 2 aromatic carbocycles. The molecule has 4 aromatic rings. The summed E-state index contributed by atoms with van der Waals surface area (Å²) >= 11 is 2.56. The molecular weight excluding hydrogens is 372 g/mol. The van der Waals surface area contributed by atoms with E-state index in [4.69, 9.17) is 0 Å². The molecule has 0 aliphatic heterocycles. The second-order valence-electron chi connectivity index (χ2n) is 5.44. The Balaban J connectivity index is 1.83. The normalized spacial score (nSPS) is 12.1. The summed E-state index contributed by atoms with van der Waals surface area (Å²) in [6, 6.07) is 12.2. The van der Waals surface area contributed by atoms with Gasteiger partial charge in [-0.15, -0.1) is 11.3 Å². The fourth-order valence-electron chi connectivity index (χ4n) is 2.66. The van der Waals surface area contributed by atoms with Crippen LogP contribution < -0.4 is 4.80 Å². The zero-order valence-corrected chi connectivity index (χ0v) is 15.2. The van der Waals surface area contributed by atoms with Gasteiger partial charge in [0.2, 0.25) is 0 Å². The first-order chi connectivity index (χ1) is 12.6. The van der Waals surface area contributed by atoms with Crippen molar-refractivity contribution < 1.29 is 9.72 Å². The van der Waals surface area contributed by atoms with Crippen LogP contribution >= 0.6 is 22.7 Å². The monoisotopic (exact) mass is 384 g/mol. The number of aromatic nitrogens is 2. The summed E-state index contributed by atoms with van der Waals surface area (Å²) in [6.45, 7) is 2.54. The molecular formula is C17H12N4O3S2. The van der Waals surface area contributed by atoms with E-state index in [1.165, 1.54) is 34.8 Å². The molecule has 0 N–H and O–H groups in total. The number of rotatable bonds is 3. The van der Waals surface area contributed by atoms with Crippen molar-refractivity contribution >= 4 is 54.7 Å². The van der Waals surface area contributed by atoms with Crippen molar-refractivity contribution in [1.82, 2.24) is 9.55 Å². The van der Waals surface area contributed by atoms with Crippen molar-refractivity contribution in [3.63, 3.8) is 0 Å². The number of para-hydroxylation sites is 1. The average Bonchev–Trinajstić information content (AvgIpc) is 3.21. The third kappa shape index (κ3) is 2.80. The van der Waals surface area contributed by atoms with Crippen LogP contribution in [0.25, 0.3) is 20.4 Å². The molecule has 9 heteroatoms. The van der Waals surface area contributed by atoms with Gasteiger partial charge in [-0.25, -0.2) is 4.98 Å². The van der Waals surface area contributed by atoms with Gasteiger partial charge in [-0.05, 0) is 25.1 Å². The van der Waals surface area contributed by atoms with Crippen LogP contribution in [0.2, 0.25) is 0 Å². The predicted octanol–water partition coefficient (Wildman–Crippen LogP) is 3.98. The number of benzene rings is 2. The number of hydrogen-bond acceptors (Lipinski definition) is 6. The van der Waals surface area contributed by atoms with Gasteiger partial charge in [0.25, 0.3) is 5.69 Å². The molecule has 0 saturated heterocycles. The quantitative estimate of drug-likeness (QED) is 0.395. The Bertz CT molecular complexity index is 1200. The van der Waals surface area contributed by atoms with Gasteiger partial charge >= 0.3 is 5.91 Å². The Hall–Kier alpha value is -2.91. The molecule has 1 amide bonds. The maximum Gasteiger partial charge on any atom is 0.308 e. The highest BCUT2D eigenvalue weighted by Crippen LogP contribution is 2.24. The number of carbonyl (C=O) groups is 1. The fraction of sp³-hybridized carbons (Fsp3) is 0.118. The van der Waals surface area contributed by atoms with Crippen LogP contribution in [-0.2, 0) is 6.54 Å². The van der Waals surface area contributed by atoms with Gasteiger partial charge in [0.05, 0.1) is 25.4 Å². The van der Waals surface area contributed by atoms with Crippen LogP contribution in [0.3, 0.4) is 0 Å². The van der Waals surface area contributed by atoms with Crippen LogP contribution in [0, 0.1) is 10.1 Å². The van der Waals surface area contributed by atoms with Gasteiger partial charge in [-0.3, -0.25) is 14.9 Å². The molecule has 0 fully saturated rings. The number of thiazole rings is 2. The molecule has 2 aromatic heterocycles. The standard InChI is InChI=1S/C17H12N4O3S2/c1-2-20-12-8-7-10(21(23)24)9-14(12)26-17(20)19-15(22)16-18-11-5-3-4-6-13(11)25-16/h3-9H,2H2,1H3. The summed E-state index contributed by atoms with van der Waals surface area (Å²) in [5.41, 5.74) is 1.61. The van der Waals surface area contributed by atoms with Crippen LogP contribution in [0.4, 0.5) is 5.69 Å². The van der Waals surface area contributed by atoms with Gasteiger partial charge < -0.3 is 4.57 Å². The van der Waals surface area contributed by atoms with E-state index in [1.54, 1.807) is 6.07 Å². The summed E-state index contributed by atoms with van der Waals surface area (Å²) < 4.78 is 3.52. The first kappa shape index (κ1) is 16.6. The summed E-state index contributed by atoms with van der Waals surface area (Å²) in [7, 11) is 0. The first-order valence-electron chi connectivity index (χ1n) is 7.79. The predicted molar refractivity (Wildman–Crippen MR) is 102 cm³/mol. The minimum atomic E-state index is -0.432. The van der Waals surface area contributed by atoms with E-state index in [0.717, 1.165) is 20.4 Å². The van der Waals surface area contributed by atoms with E-state index >= 15 is 0 Å². The highest BCUT2D eigenvalue weighted by atomic mass is 32.1. The number of non-ortho nitro benzene ring substituents is 1. The second kappa shape index (κ2) is 6.43. The lowest BCUT2D eigenvalue weighted by atomic mass is 10.3. The molecule has 2 heterocycles. The highest BCUT2D eigenvalue weighted by molar-refractivity contribution is 7.20. The molecule has 0 bridgehead atoms. The lowest BCUT2D eigenvalue weighted by Gasteiger charge is -1.99. The average molecular weight is 384 g/mol. The molecule has 26 heavy (non-hydrogen) atoms. The van der Waals surface area contributed by atoms with Crippen molar-refractivity contribution in [1.29, 1.82) is 0 Å². The van der Waals surface area contributed by atoms with Crippen LogP contribution in [0.5, 0.6) is 0 Å². The minimum Gasteiger partial charge on any atom is -0.317 e. The molecule has 0 saturated carbocycles. The summed E-state index contributed by atoms with van der Waals surface area (Å²) in [5, 5.41) is 11.3. The molecule has 0 atom stereocenters. The number of amides is 1. The zero-order chi connectivity index (χ0) is 18.3. The molecule has 0 aliphatic carbocycles. The van der Waals surface area contributed by atoms with E-state index in [0.29, 0.717) is 16.4 Å². The van der Waals surface area contributed by atoms with Gasteiger partial charge in [0, 0.05) is 18.7 Å². The number of aryl methyl sites for hydroxylation is 1. The summed E-state index contributed by atoms with van der Waals surface area (Å²) in [4.78, 5) is 32.2. The molecule has 0 aliphatic rings. The van der Waals surface area contributed by atoms with Crippen molar-refractivity contribution in [3.8, 4) is 0 Å². The maximum absolute atomic E-state index is 12.6.